The number of hydrogen-bond donors (Lipinski definition) is 1. The summed E-state index contributed by atoms with van der Waals surface area (Å²) < 4.78 is 45.2. The van der Waals surface area contributed by atoms with E-state index in [0.717, 1.165) is 5.69 Å². The molecular weight excluding hydrogens is 449 g/mol. The number of alkyl halides is 2. The van der Waals surface area contributed by atoms with Crippen molar-refractivity contribution < 1.29 is 27.5 Å². The molecule has 1 N–H and O–H groups in total. The summed E-state index contributed by atoms with van der Waals surface area (Å²) in [6, 6.07) is 7.98. The fourth-order valence-corrected chi connectivity index (χ4v) is 3.75. The predicted octanol–water partition coefficient (Wildman–Crippen LogP) is 3.87. The second-order valence-electron chi connectivity index (χ2n) is 8.12. The minimum Gasteiger partial charge on any atom is -0.442 e. The third kappa shape index (κ3) is 6.93. The number of carbonyl (C=O) groups excluding carboxylic acids is 2. The molecule has 0 spiro atoms. The minimum atomic E-state index is -0.599. The Bertz CT molecular complexity index is 966. The number of carbonyl (C=O) groups is 2. The summed E-state index contributed by atoms with van der Waals surface area (Å²) in [5.41, 5.74) is 1.98. The second kappa shape index (κ2) is 12.4. The van der Waals surface area contributed by atoms with E-state index in [9.17, 15) is 22.8 Å². The Kier molecular flexibility index (Phi) is 9.26. The van der Waals surface area contributed by atoms with Crippen LogP contribution in [0.25, 0.3) is 11.1 Å². The average molecular weight is 479 g/mol. The zero-order valence-corrected chi connectivity index (χ0v) is 19.1. The van der Waals surface area contributed by atoms with Crippen molar-refractivity contribution in [3.8, 4) is 11.1 Å². The van der Waals surface area contributed by atoms with Crippen LogP contribution in [0.4, 0.5) is 23.7 Å². The molecule has 0 saturated carbocycles. The van der Waals surface area contributed by atoms with Crippen molar-refractivity contribution >= 4 is 17.7 Å². The number of hydrogen-bond acceptors (Lipinski definition) is 5. The summed E-state index contributed by atoms with van der Waals surface area (Å²) in [5, 5.41) is 2.60. The van der Waals surface area contributed by atoms with Crippen molar-refractivity contribution in [2.45, 2.75) is 32.4 Å². The van der Waals surface area contributed by atoms with Crippen LogP contribution in [0.15, 0.2) is 36.5 Å². The Morgan fingerprint density at radius 3 is 2.53 bits per heavy atom. The van der Waals surface area contributed by atoms with Crippen molar-refractivity contribution in [1.29, 1.82) is 0 Å². The maximum atomic E-state index is 14.9. The van der Waals surface area contributed by atoms with Crippen molar-refractivity contribution in [3.05, 3.63) is 48.0 Å². The summed E-state index contributed by atoms with van der Waals surface area (Å²) in [6.45, 7) is 2.39. The van der Waals surface area contributed by atoms with Crippen LogP contribution >= 0.6 is 0 Å². The smallest absolute Gasteiger partial charge is 0.414 e. The number of halogens is 3. The lowest BCUT2D eigenvalue weighted by molar-refractivity contribution is -0.119. The zero-order chi connectivity index (χ0) is 24.5. The van der Waals surface area contributed by atoms with Gasteiger partial charge in [-0.2, -0.15) is 0 Å². The van der Waals surface area contributed by atoms with Gasteiger partial charge in [0.2, 0.25) is 5.91 Å². The van der Waals surface area contributed by atoms with Gasteiger partial charge in [-0.25, -0.2) is 9.18 Å². The highest BCUT2D eigenvalue weighted by Crippen LogP contribution is 2.29. The molecule has 1 saturated heterocycles. The topological polar surface area (TPSA) is 74.8 Å². The normalized spacial score (nSPS) is 15.6. The van der Waals surface area contributed by atoms with Crippen LogP contribution in [0.5, 0.6) is 0 Å². The molecule has 0 radical (unpaired) electrons. The fraction of sp³-hybridized carbons (Fsp3) is 0.458. The molecule has 1 aliphatic rings. The lowest BCUT2D eigenvalue weighted by atomic mass is 10.1. The number of nitrogens with one attached hydrogen (secondary N) is 1. The maximum Gasteiger partial charge on any atom is 0.414 e. The van der Waals surface area contributed by atoms with Gasteiger partial charge in [0, 0.05) is 43.9 Å². The highest BCUT2D eigenvalue weighted by molar-refractivity contribution is 5.90. The zero-order valence-electron chi connectivity index (χ0n) is 19.1. The number of nitrogens with zero attached hydrogens (tertiary/aromatic N) is 3. The number of benzene rings is 1. The second-order valence-corrected chi connectivity index (χ2v) is 8.12. The Hall–Kier alpha value is -3.14. The molecule has 1 aromatic heterocycles. The van der Waals surface area contributed by atoms with Crippen LogP contribution in [0, 0.1) is 5.82 Å². The van der Waals surface area contributed by atoms with Gasteiger partial charge in [0.05, 0.1) is 37.8 Å². The summed E-state index contributed by atoms with van der Waals surface area (Å²) in [7, 11) is 0. The van der Waals surface area contributed by atoms with Gasteiger partial charge in [0.15, 0.2) is 0 Å². The summed E-state index contributed by atoms with van der Waals surface area (Å²) >= 11 is 0. The Morgan fingerprint density at radius 2 is 1.94 bits per heavy atom. The molecule has 7 nitrogen and oxygen atoms in total. The first-order valence-electron chi connectivity index (χ1n) is 11.2. The molecule has 2 heterocycles. The molecule has 1 fully saturated rings. The Labute approximate surface area is 196 Å². The van der Waals surface area contributed by atoms with E-state index in [2.05, 4.69) is 10.3 Å². The summed E-state index contributed by atoms with van der Waals surface area (Å²) in [6.07, 6.45) is 1.20. The predicted molar refractivity (Wildman–Crippen MR) is 122 cm³/mol. The van der Waals surface area contributed by atoms with Crippen LogP contribution < -0.4 is 10.2 Å². The van der Waals surface area contributed by atoms with E-state index in [1.807, 2.05) is 4.90 Å². The van der Waals surface area contributed by atoms with Crippen LogP contribution in [0.2, 0.25) is 0 Å². The third-order valence-corrected chi connectivity index (χ3v) is 5.45. The van der Waals surface area contributed by atoms with E-state index in [0.29, 0.717) is 49.3 Å². The molecule has 1 aromatic carbocycles. The molecule has 34 heavy (non-hydrogen) atoms. The lowest BCUT2D eigenvalue weighted by Gasteiger charge is -2.21. The van der Waals surface area contributed by atoms with E-state index < -0.39 is 31.4 Å². The lowest BCUT2D eigenvalue weighted by Crippen LogP contribution is -2.33. The van der Waals surface area contributed by atoms with Gasteiger partial charge in [-0.3, -0.25) is 28.4 Å². The summed E-state index contributed by atoms with van der Waals surface area (Å²) in [5.74, 6) is -0.741. The Balaban J connectivity index is 1.66. The highest BCUT2D eigenvalue weighted by Gasteiger charge is 2.32. The first kappa shape index (κ1) is 25.5. The fourth-order valence-electron chi connectivity index (χ4n) is 3.75. The monoisotopic (exact) mass is 478 g/mol. The molecule has 0 bridgehead atoms. The van der Waals surface area contributed by atoms with Gasteiger partial charge < -0.3 is 10.1 Å². The SMILES string of the molecule is CC(=O)NC[C@H]1CN(c2ccc(-c3ccc(CN(CCCF)CCCF)nc3)c(F)c2)C(=O)O1. The molecule has 10 heteroatoms. The molecule has 2 aromatic rings. The molecule has 0 unspecified atom stereocenters. The first-order valence-corrected chi connectivity index (χ1v) is 11.2. The maximum absolute atomic E-state index is 14.9. The van der Waals surface area contributed by atoms with Gasteiger partial charge in [-0.15, -0.1) is 0 Å². The quantitative estimate of drug-likeness (QED) is 0.501. The van der Waals surface area contributed by atoms with Gasteiger partial charge in [-0.1, -0.05) is 6.07 Å². The number of aromatic nitrogens is 1. The number of ether oxygens (including phenoxy) is 1. The van der Waals surface area contributed by atoms with Gasteiger partial charge in [0.1, 0.15) is 11.9 Å². The number of cyclic esters (lactones) is 1. The van der Waals surface area contributed by atoms with E-state index in [-0.39, 0.29) is 19.0 Å². The van der Waals surface area contributed by atoms with Crippen molar-refractivity contribution in [2.24, 2.45) is 0 Å². The number of pyridine rings is 1. The summed E-state index contributed by atoms with van der Waals surface area (Å²) in [4.78, 5) is 30.9. The largest absolute Gasteiger partial charge is 0.442 e. The third-order valence-electron chi connectivity index (χ3n) is 5.45. The van der Waals surface area contributed by atoms with E-state index in [1.54, 1.807) is 30.5 Å². The first-order chi connectivity index (χ1) is 16.4. The minimum absolute atomic E-state index is 0.190. The average Bonchev–Trinajstić information content (AvgIpc) is 3.20. The van der Waals surface area contributed by atoms with Gasteiger partial charge >= 0.3 is 6.09 Å². The van der Waals surface area contributed by atoms with Crippen LogP contribution in [-0.4, -0.2) is 67.5 Å². The van der Waals surface area contributed by atoms with Crippen LogP contribution in [0.3, 0.4) is 0 Å². The van der Waals surface area contributed by atoms with Crippen molar-refractivity contribution in [3.63, 3.8) is 0 Å². The van der Waals surface area contributed by atoms with Crippen molar-refractivity contribution in [2.75, 3.05) is 44.4 Å². The van der Waals surface area contributed by atoms with Gasteiger partial charge in [0.25, 0.3) is 0 Å². The number of rotatable bonds is 12. The molecule has 3 rings (SSSR count). The Morgan fingerprint density at radius 1 is 1.21 bits per heavy atom. The highest BCUT2D eigenvalue weighted by atomic mass is 19.1. The molecule has 184 valence electrons. The molecule has 1 aliphatic heterocycles. The molecule has 2 amide bonds. The van der Waals surface area contributed by atoms with E-state index in [1.165, 1.54) is 17.9 Å². The number of anilines is 1. The number of amides is 2. The van der Waals surface area contributed by atoms with Crippen molar-refractivity contribution in [1.82, 2.24) is 15.2 Å². The molecule has 0 aliphatic carbocycles. The molecule has 1 atom stereocenters. The van der Waals surface area contributed by atoms with Gasteiger partial charge in [-0.05, 0) is 37.1 Å². The standard InChI is InChI=1S/C24H29F3N4O3/c1-17(32)28-14-21-16-31(24(33)34-21)20-6-7-22(23(27)12-20)18-4-5-19(29-13-18)15-30(10-2-8-25)11-3-9-26/h4-7,12-13,21H,2-3,8-11,14-16H2,1H3,(H,28,32)/t21-/m0/s1. The van der Waals surface area contributed by atoms with E-state index >= 15 is 0 Å². The van der Waals surface area contributed by atoms with Crippen LogP contribution in [-0.2, 0) is 16.1 Å². The van der Waals surface area contributed by atoms with Crippen LogP contribution in [0.1, 0.15) is 25.5 Å². The van der Waals surface area contributed by atoms with E-state index in [4.69, 9.17) is 4.74 Å². The molecular formula is C24H29F3N4O3.